The van der Waals surface area contributed by atoms with Crippen molar-refractivity contribution >= 4 is 63.1 Å². The molecule has 0 N–H and O–H groups in total. The number of thiophene rings is 1. The Morgan fingerprint density at radius 1 is 1.22 bits per heavy atom. The lowest BCUT2D eigenvalue weighted by atomic mass is 10.2. The fourth-order valence-corrected chi connectivity index (χ4v) is 5.61. The molecule has 32 heavy (non-hydrogen) atoms. The summed E-state index contributed by atoms with van der Waals surface area (Å²) in [5, 5.41) is 2.65. The molecule has 3 heterocycles. The molecule has 5 rings (SSSR count). The van der Waals surface area contributed by atoms with Gasteiger partial charge in [-0.3, -0.25) is 3.97 Å². The number of nitrogens with zero attached hydrogens (tertiary/aromatic N) is 3. The summed E-state index contributed by atoms with van der Waals surface area (Å²) in [6.07, 6.45) is 1.82. The number of carbonyl (C=O) groups excluding carboxylic acids is 1. The smallest absolute Gasteiger partial charge is 0.337 e. The van der Waals surface area contributed by atoms with Gasteiger partial charge < -0.3 is 9.15 Å². The summed E-state index contributed by atoms with van der Waals surface area (Å²) in [5.74, 6) is 1.11. The molecule has 0 aliphatic rings. The number of hydrogen-bond donors (Lipinski definition) is 0. The Hall–Kier alpha value is -3.01. The minimum absolute atomic E-state index is 0.387. The summed E-state index contributed by atoms with van der Waals surface area (Å²) in [6.45, 7) is 3.74. The predicted octanol–water partition coefficient (Wildman–Crippen LogP) is 6.53. The van der Waals surface area contributed by atoms with Gasteiger partial charge in [0.15, 0.2) is 11.4 Å². The van der Waals surface area contributed by atoms with Crippen LogP contribution < -0.4 is 0 Å². The third-order valence-electron chi connectivity index (χ3n) is 4.66. The molecular formula is C23H17N3O3S3. The van der Waals surface area contributed by atoms with E-state index in [1.807, 2.05) is 41.8 Å². The third-order valence-corrected chi connectivity index (χ3v) is 7.53. The van der Waals surface area contributed by atoms with Crippen LogP contribution in [0.1, 0.15) is 10.4 Å². The fourth-order valence-electron chi connectivity index (χ4n) is 3.22. The van der Waals surface area contributed by atoms with Crippen molar-refractivity contribution in [2.75, 3.05) is 12.9 Å². The Kier molecular flexibility index (Phi) is 5.77. The normalized spacial score (nSPS) is 11.3. The Morgan fingerprint density at radius 2 is 2.12 bits per heavy atom. The van der Waals surface area contributed by atoms with Gasteiger partial charge in [-0.2, -0.15) is 0 Å². The van der Waals surface area contributed by atoms with Crippen LogP contribution in [0.2, 0.25) is 0 Å². The number of rotatable bonds is 7. The van der Waals surface area contributed by atoms with Crippen LogP contribution in [-0.4, -0.2) is 32.8 Å². The second-order valence-electron chi connectivity index (χ2n) is 6.71. The van der Waals surface area contributed by atoms with Crippen molar-refractivity contribution in [1.29, 1.82) is 0 Å². The molecule has 0 spiro atoms. The quantitative estimate of drug-likeness (QED) is 0.149. The first-order chi connectivity index (χ1) is 15.7. The van der Waals surface area contributed by atoms with Gasteiger partial charge in [0.2, 0.25) is 0 Å². The number of esters is 1. The number of methoxy groups -OCH3 is 1. The molecule has 160 valence electrons. The number of benzene rings is 2. The van der Waals surface area contributed by atoms with Crippen LogP contribution in [0.25, 0.3) is 33.5 Å². The maximum atomic E-state index is 12.0. The highest BCUT2D eigenvalue weighted by molar-refractivity contribution is 8.00. The topological polar surface area (TPSA) is 70.2 Å². The number of imidazole rings is 1. The molecule has 0 radical (unpaired) electrons. The van der Waals surface area contributed by atoms with Crippen molar-refractivity contribution in [3.63, 3.8) is 0 Å². The highest BCUT2D eigenvalue weighted by Gasteiger charge is 2.18. The van der Waals surface area contributed by atoms with Crippen LogP contribution >= 0.6 is 35.0 Å². The third kappa shape index (κ3) is 3.94. The summed E-state index contributed by atoms with van der Waals surface area (Å²) >= 11 is 4.75. The number of hydrogen-bond acceptors (Lipinski definition) is 8. The van der Waals surface area contributed by atoms with Gasteiger partial charge in [-0.15, -0.1) is 17.9 Å². The fraction of sp³-hybridized carbons (Fsp3) is 0.0870. The van der Waals surface area contributed by atoms with Gasteiger partial charge in [0.25, 0.3) is 5.22 Å². The first-order valence-electron chi connectivity index (χ1n) is 9.63. The van der Waals surface area contributed by atoms with E-state index in [2.05, 4.69) is 21.6 Å². The molecule has 0 saturated heterocycles. The summed E-state index contributed by atoms with van der Waals surface area (Å²) in [6, 6.07) is 15.4. The summed E-state index contributed by atoms with van der Waals surface area (Å²) < 4.78 is 13.9. The monoisotopic (exact) mass is 479 g/mol. The first-order valence-corrected chi connectivity index (χ1v) is 12.3. The molecule has 0 unspecified atom stereocenters. The van der Waals surface area contributed by atoms with Gasteiger partial charge in [0.1, 0.15) is 5.52 Å². The van der Waals surface area contributed by atoms with Crippen molar-refractivity contribution in [3.8, 4) is 11.4 Å². The summed E-state index contributed by atoms with van der Waals surface area (Å²) in [7, 11) is 1.37. The van der Waals surface area contributed by atoms with Gasteiger partial charge in [-0.1, -0.05) is 23.9 Å². The van der Waals surface area contributed by atoms with Gasteiger partial charge in [0, 0.05) is 23.3 Å². The van der Waals surface area contributed by atoms with E-state index in [0.29, 0.717) is 10.8 Å². The minimum Gasteiger partial charge on any atom is -0.465 e. The zero-order chi connectivity index (χ0) is 22.1. The molecule has 3 aromatic heterocycles. The lowest BCUT2D eigenvalue weighted by Crippen LogP contribution is -2.00. The molecule has 2 aromatic carbocycles. The van der Waals surface area contributed by atoms with E-state index in [1.165, 1.54) is 18.9 Å². The van der Waals surface area contributed by atoms with Gasteiger partial charge >= 0.3 is 5.97 Å². The molecule has 0 amide bonds. The number of ether oxygens (including phenoxy) is 1. The molecule has 0 bridgehead atoms. The Labute approximate surface area is 196 Å². The average Bonchev–Trinajstić information content (AvgIpc) is 3.55. The van der Waals surface area contributed by atoms with Gasteiger partial charge in [0.05, 0.1) is 27.9 Å². The maximum absolute atomic E-state index is 12.0. The van der Waals surface area contributed by atoms with E-state index in [0.717, 1.165) is 43.5 Å². The maximum Gasteiger partial charge on any atom is 0.337 e. The highest BCUT2D eigenvalue weighted by atomic mass is 32.2. The van der Waals surface area contributed by atoms with E-state index >= 15 is 0 Å². The summed E-state index contributed by atoms with van der Waals surface area (Å²) in [4.78, 5) is 21.5. The van der Waals surface area contributed by atoms with E-state index < -0.39 is 0 Å². The van der Waals surface area contributed by atoms with Crippen LogP contribution in [0.5, 0.6) is 0 Å². The van der Waals surface area contributed by atoms with Crippen molar-refractivity contribution in [1.82, 2.24) is 13.9 Å². The molecule has 0 fully saturated rings. The Morgan fingerprint density at radius 3 is 2.91 bits per heavy atom. The lowest BCUT2D eigenvalue weighted by Gasteiger charge is -2.07. The highest BCUT2D eigenvalue weighted by Crippen LogP contribution is 2.36. The van der Waals surface area contributed by atoms with E-state index in [-0.39, 0.29) is 5.97 Å². The molecule has 9 heteroatoms. The summed E-state index contributed by atoms with van der Waals surface area (Å²) in [5.41, 5.74) is 4.49. The van der Waals surface area contributed by atoms with E-state index in [4.69, 9.17) is 14.1 Å². The zero-order valence-corrected chi connectivity index (χ0v) is 19.4. The SMILES string of the molecule is C=CCSc1nc2cc(-c3nc4cc(C(=O)OC)ccc4n3Sc3cccs3)ccc2o1. The Bertz CT molecular complexity index is 1440. The largest absolute Gasteiger partial charge is 0.465 e. The van der Waals surface area contributed by atoms with Crippen molar-refractivity contribution < 1.29 is 13.9 Å². The lowest BCUT2D eigenvalue weighted by molar-refractivity contribution is 0.0601. The number of aromatic nitrogens is 3. The Balaban J connectivity index is 1.64. The number of fused-ring (bicyclic) bond motifs is 2. The number of thioether (sulfide) groups is 1. The van der Waals surface area contributed by atoms with Crippen LogP contribution in [0.15, 0.2) is 80.4 Å². The van der Waals surface area contributed by atoms with Crippen LogP contribution in [-0.2, 0) is 4.74 Å². The van der Waals surface area contributed by atoms with Crippen molar-refractivity contribution in [2.24, 2.45) is 0 Å². The standard InChI is InChI=1S/C23H17N3O3S3/c1-3-10-31-23-25-17-12-14(7-9-19(17)29-23)21-24-16-13-15(22(27)28-2)6-8-18(16)26(21)32-20-5-4-11-30-20/h3-9,11-13H,1,10H2,2H3. The van der Waals surface area contributed by atoms with Crippen molar-refractivity contribution in [3.05, 3.63) is 72.1 Å². The zero-order valence-electron chi connectivity index (χ0n) is 17.0. The van der Waals surface area contributed by atoms with Crippen LogP contribution in [0, 0.1) is 0 Å². The van der Waals surface area contributed by atoms with Gasteiger partial charge in [-0.25, -0.2) is 14.8 Å². The minimum atomic E-state index is -0.387. The van der Waals surface area contributed by atoms with Crippen molar-refractivity contribution in [2.45, 2.75) is 9.43 Å². The molecule has 0 aliphatic carbocycles. The van der Waals surface area contributed by atoms with Crippen LogP contribution in [0.3, 0.4) is 0 Å². The second-order valence-corrected chi connectivity index (χ2v) is 9.88. The molecule has 0 saturated carbocycles. The van der Waals surface area contributed by atoms with E-state index in [9.17, 15) is 4.79 Å². The second kappa shape index (κ2) is 8.85. The number of carbonyl (C=O) groups is 1. The molecule has 6 nitrogen and oxygen atoms in total. The molecule has 0 aliphatic heterocycles. The van der Waals surface area contributed by atoms with Crippen LogP contribution in [0.4, 0.5) is 0 Å². The molecule has 0 atom stereocenters. The predicted molar refractivity (Wildman–Crippen MR) is 131 cm³/mol. The first kappa shape index (κ1) is 20.9. The number of oxazole rings is 1. The average molecular weight is 480 g/mol. The molecular weight excluding hydrogens is 462 g/mol. The van der Waals surface area contributed by atoms with Gasteiger partial charge in [-0.05, 0) is 47.8 Å². The molecule has 5 aromatic rings. The van der Waals surface area contributed by atoms with E-state index in [1.54, 1.807) is 35.4 Å².